The van der Waals surface area contributed by atoms with Crippen LogP contribution in [0, 0.1) is 0 Å². The monoisotopic (exact) mass is 247 g/mol. The second-order valence-electron chi connectivity index (χ2n) is 2.61. The van der Waals surface area contributed by atoms with Crippen molar-refractivity contribution in [3.05, 3.63) is 28.7 Å². The minimum Gasteiger partial charge on any atom is -0.313 e. The van der Waals surface area contributed by atoms with Gasteiger partial charge in [0.1, 0.15) is 0 Å². The van der Waals surface area contributed by atoms with Crippen molar-refractivity contribution in [2.24, 2.45) is 0 Å². The molecular formula is C8H10BrNOS. The molecule has 0 amide bonds. The first kappa shape index (κ1) is 9.61. The van der Waals surface area contributed by atoms with E-state index in [0.29, 0.717) is 0 Å². The Morgan fingerprint density at radius 3 is 2.33 bits per heavy atom. The molecule has 0 bridgehead atoms. The number of rotatable bonds is 2. The van der Waals surface area contributed by atoms with Crippen LogP contribution >= 0.6 is 15.9 Å². The molecule has 0 radical (unpaired) electrons. The summed E-state index contributed by atoms with van der Waals surface area (Å²) >= 11 is 3.31. The SMILES string of the molecule is C=S(C)(=O)Nc1ccc(Br)cc1. The summed E-state index contributed by atoms with van der Waals surface area (Å²) in [5.41, 5.74) is 0.820. The van der Waals surface area contributed by atoms with Gasteiger partial charge < -0.3 is 4.72 Å². The summed E-state index contributed by atoms with van der Waals surface area (Å²) in [5, 5.41) is 0. The first-order valence-corrected chi connectivity index (χ1v) is 6.26. The van der Waals surface area contributed by atoms with E-state index in [4.69, 9.17) is 0 Å². The fraction of sp³-hybridized carbons (Fsp3) is 0.125. The van der Waals surface area contributed by atoms with Crippen molar-refractivity contribution in [1.82, 2.24) is 0 Å². The lowest BCUT2D eigenvalue weighted by atomic mass is 10.3. The number of hydrogen-bond donors (Lipinski definition) is 1. The van der Waals surface area contributed by atoms with E-state index in [9.17, 15) is 4.21 Å². The summed E-state index contributed by atoms with van der Waals surface area (Å²) < 4.78 is 15.0. The first-order valence-electron chi connectivity index (χ1n) is 3.33. The maximum atomic E-state index is 11.2. The van der Waals surface area contributed by atoms with Gasteiger partial charge in [-0.05, 0) is 30.1 Å². The Balaban J connectivity index is 2.85. The Morgan fingerprint density at radius 1 is 1.42 bits per heavy atom. The molecule has 0 aromatic heterocycles. The lowest BCUT2D eigenvalue weighted by molar-refractivity contribution is 0.688. The van der Waals surface area contributed by atoms with Gasteiger partial charge in [0.15, 0.2) is 0 Å². The number of nitrogens with one attached hydrogen (secondary N) is 1. The van der Waals surface area contributed by atoms with Crippen molar-refractivity contribution < 1.29 is 4.21 Å². The van der Waals surface area contributed by atoms with Crippen LogP contribution in [0.4, 0.5) is 5.69 Å². The lowest BCUT2D eigenvalue weighted by Crippen LogP contribution is -2.08. The Hall–Kier alpha value is -0.480. The standard InChI is InChI=1S/C8H10BrNOS/c1-12(2,11)10-8-5-3-7(9)4-6-8/h3-6H,1H2,2H3,(H,10,11). The first-order chi connectivity index (χ1) is 5.47. The predicted molar refractivity (Wildman–Crippen MR) is 59.0 cm³/mol. The van der Waals surface area contributed by atoms with E-state index in [2.05, 4.69) is 26.5 Å². The molecule has 1 N–H and O–H groups in total. The van der Waals surface area contributed by atoms with Gasteiger partial charge >= 0.3 is 0 Å². The van der Waals surface area contributed by atoms with Crippen LogP contribution in [0.25, 0.3) is 0 Å². The van der Waals surface area contributed by atoms with Gasteiger partial charge in [-0.3, -0.25) is 0 Å². The fourth-order valence-corrected chi connectivity index (χ4v) is 1.67. The molecule has 0 saturated heterocycles. The summed E-state index contributed by atoms with van der Waals surface area (Å²) in [7, 11) is -2.16. The average Bonchev–Trinajstić information content (AvgIpc) is 1.91. The van der Waals surface area contributed by atoms with Crippen LogP contribution in [-0.2, 0) is 9.71 Å². The van der Waals surface area contributed by atoms with Crippen molar-refractivity contribution in [3.8, 4) is 0 Å². The highest BCUT2D eigenvalue weighted by molar-refractivity contribution is 9.10. The van der Waals surface area contributed by atoms with E-state index >= 15 is 0 Å². The Labute approximate surface area is 81.3 Å². The van der Waals surface area contributed by atoms with E-state index in [0.717, 1.165) is 10.2 Å². The zero-order chi connectivity index (χ0) is 9.19. The largest absolute Gasteiger partial charge is 0.313 e. The predicted octanol–water partition coefficient (Wildman–Crippen LogP) is 2.12. The van der Waals surface area contributed by atoms with Gasteiger partial charge in [-0.2, -0.15) is 0 Å². The third kappa shape index (κ3) is 3.28. The van der Waals surface area contributed by atoms with E-state index in [1.54, 1.807) is 6.26 Å². The Kier molecular flexibility index (Phi) is 2.80. The molecule has 1 atom stereocenters. The highest BCUT2D eigenvalue weighted by atomic mass is 79.9. The molecule has 1 aromatic carbocycles. The molecule has 1 rings (SSSR count). The normalized spacial score (nSPS) is 15.2. The van der Waals surface area contributed by atoms with Crippen LogP contribution < -0.4 is 4.72 Å². The summed E-state index contributed by atoms with van der Waals surface area (Å²) in [6, 6.07) is 7.46. The molecule has 4 heteroatoms. The lowest BCUT2D eigenvalue weighted by Gasteiger charge is -2.06. The smallest absolute Gasteiger partial charge is 0.0457 e. The topological polar surface area (TPSA) is 29.1 Å². The summed E-state index contributed by atoms with van der Waals surface area (Å²) in [4.78, 5) is 0. The van der Waals surface area contributed by atoms with Crippen molar-refractivity contribution >= 4 is 37.2 Å². The maximum Gasteiger partial charge on any atom is 0.0457 e. The van der Waals surface area contributed by atoms with Crippen molar-refractivity contribution in [2.45, 2.75) is 0 Å². The van der Waals surface area contributed by atoms with Crippen LogP contribution in [0.1, 0.15) is 0 Å². The Morgan fingerprint density at radius 2 is 1.92 bits per heavy atom. The molecule has 2 nitrogen and oxygen atoms in total. The molecule has 0 fully saturated rings. The van der Waals surface area contributed by atoms with Gasteiger partial charge in [-0.15, -0.1) is 0 Å². The molecule has 0 heterocycles. The van der Waals surface area contributed by atoms with Crippen LogP contribution in [0.5, 0.6) is 0 Å². The van der Waals surface area contributed by atoms with Crippen LogP contribution in [0.15, 0.2) is 28.7 Å². The number of benzene rings is 1. The quantitative estimate of drug-likeness (QED) is 0.798. The van der Waals surface area contributed by atoms with Crippen molar-refractivity contribution in [3.63, 3.8) is 0 Å². The molecule has 66 valence electrons. The average molecular weight is 248 g/mol. The van der Waals surface area contributed by atoms with Gasteiger partial charge in [0.25, 0.3) is 0 Å². The molecular weight excluding hydrogens is 238 g/mol. The zero-order valence-corrected chi connectivity index (χ0v) is 9.11. The molecule has 12 heavy (non-hydrogen) atoms. The summed E-state index contributed by atoms with van der Waals surface area (Å²) in [6.45, 7) is 0. The van der Waals surface area contributed by atoms with E-state index in [-0.39, 0.29) is 0 Å². The van der Waals surface area contributed by atoms with Gasteiger partial charge in [0.05, 0.1) is 0 Å². The molecule has 1 aromatic rings. The van der Waals surface area contributed by atoms with Crippen molar-refractivity contribution in [2.75, 3.05) is 11.0 Å². The molecule has 0 aliphatic rings. The third-order valence-corrected chi connectivity index (χ3v) is 2.37. The molecule has 1 unspecified atom stereocenters. The van der Waals surface area contributed by atoms with Gasteiger partial charge in [-0.1, -0.05) is 15.9 Å². The van der Waals surface area contributed by atoms with E-state index in [1.165, 1.54) is 0 Å². The summed E-state index contributed by atoms with van der Waals surface area (Å²) in [5.74, 6) is 3.49. The maximum absolute atomic E-state index is 11.2. The summed E-state index contributed by atoms with van der Waals surface area (Å²) in [6.07, 6.45) is 1.56. The van der Waals surface area contributed by atoms with Gasteiger partial charge in [0.2, 0.25) is 0 Å². The van der Waals surface area contributed by atoms with Gasteiger partial charge in [-0.25, -0.2) is 4.21 Å². The third-order valence-electron chi connectivity index (χ3n) is 1.18. The molecule has 0 saturated carbocycles. The molecule has 0 spiro atoms. The van der Waals surface area contributed by atoms with Crippen LogP contribution in [0.3, 0.4) is 0 Å². The highest BCUT2D eigenvalue weighted by Gasteiger charge is 1.94. The van der Waals surface area contributed by atoms with Crippen molar-refractivity contribution in [1.29, 1.82) is 0 Å². The second-order valence-corrected chi connectivity index (χ2v) is 5.74. The van der Waals surface area contributed by atoms with E-state index in [1.807, 2.05) is 24.3 Å². The minimum atomic E-state index is -2.16. The minimum absolute atomic E-state index is 0.820. The van der Waals surface area contributed by atoms with E-state index < -0.39 is 9.71 Å². The Bertz CT molecular complexity index is 355. The zero-order valence-electron chi connectivity index (χ0n) is 6.71. The number of hydrogen-bond acceptors (Lipinski definition) is 1. The van der Waals surface area contributed by atoms with Crippen LogP contribution in [-0.4, -0.2) is 16.3 Å². The van der Waals surface area contributed by atoms with Crippen LogP contribution in [0.2, 0.25) is 0 Å². The molecule has 0 aliphatic heterocycles. The number of halogens is 1. The van der Waals surface area contributed by atoms with Gasteiger partial charge in [0, 0.05) is 26.1 Å². The second kappa shape index (κ2) is 3.49. The number of anilines is 1. The fourth-order valence-electron chi connectivity index (χ4n) is 0.767. The highest BCUT2D eigenvalue weighted by Crippen LogP contribution is 2.14. The molecule has 0 aliphatic carbocycles.